The lowest BCUT2D eigenvalue weighted by Crippen LogP contribution is -2.12. The molecule has 0 bridgehead atoms. The largest absolute Gasteiger partial charge is 0.309 e. The van der Waals surface area contributed by atoms with E-state index in [0.29, 0.717) is 0 Å². The predicted molar refractivity (Wildman–Crippen MR) is 276 cm³/mol. The average Bonchev–Trinajstić information content (AvgIpc) is 3.77. The molecule has 1 heterocycles. The van der Waals surface area contributed by atoms with Crippen LogP contribution < -0.4 is 4.90 Å². The number of fused-ring (bicyclic) bond motifs is 6. The van der Waals surface area contributed by atoms with Crippen LogP contribution in [0.5, 0.6) is 0 Å². The summed E-state index contributed by atoms with van der Waals surface area (Å²) in [6, 6.07) is 90.8. The van der Waals surface area contributed by atoms with Crippen LogP contribution in [0.25, 0.3) is 97.4 Å². The Morgan fingerprint density at radius 3 is 1.30 bits per heavy atom. The Morgan fingerprint density at radius 1 is 0.250 bits per heavy atom. The first-order chi connectivity index (χ1) is 31.8. The molecular weight excluding hydrogens is 791 g/mol. The van der Waals surface area contributed by atoms with Crippen molar-refractivity contribution in [3.8, 4) is 55.6 Å². The number of anilines is 3. The first-order valence-electron chi connectivity index (χ1n) is 21.9. The lowest BCUT2D eigenvalue weighted by atomic mass is 9.90. The van der Waals surface area contributed by atoms with Gasteiger partial charge in [-0.25, -0.2) is 0 Å². The van der Waals surface area contributed by atoms with Gasteiger partial charge in [0.1, 0.15) is 0 Å². The van der Waals surface area contributed by atoms with Gasteiger partial charge in [0.25, 0.3) is 0 Å². The maximum atomic E-state index is 2.48. The van der Waals surface area contributed by atoms with Crippen LogP contribution in [0.4, 0.5) is 17.1 Å². The van der Waals surface area contributed by atoms with E-state index >= 15 is 0 Å². The molecule has 12 aromatic rings. The minimum Gasteiger partial charge on any atom is -0.309 e. The Kier molecular flexibility index (Phi) is 9.43. The molecule has 0 fully saturated rings. The summed E-state index contributed by atoms with van der Waals surface area (Å²) in [4.78, 5) is 2.48. The van der Waals surface area contributed by atoms with E-state index in [-0.39, 0.29) is 0 Å². The van der Waals surface area contributed by atoms with Crippen molar-refractivity contribution in [2.75, 3.05) is 4.90 Å². The predicted octanol–water partition coefficient (Wildman–Crippen LogP) is 18.2. The first-order valence-corrected chi connectivity index (χ1v) is 22.7. The third-order valence-corrected chi connectivity index (χ3v) is 13.9. The molecule has 300 valence electrons. The second-order valence-corrected chi connectivity index (χ2v) is 17.4. The normalized spacial score (nSPS) is 11.4. The molecule has 0 saturated heterocycles. The van der Waals surface area contributed by atoms with Crippen molar-refractivity contribution in [3.63, 3.8) is 0 Å². The summed E-state index contributed by atoms with van der Waals surface area (Å²) in [5, 5.41) is 7.54. The van der Waals surface area contributed by atoms with E-state index < -0.39 is 0 Å². The molecule has 0 aliphatic rings. The first kappa shape index (κ1) is 37.7. The van der Waals surface area contributed by atoms with E-state index in [1.807, 2.05) is 11.3 Å². The summed E-state index contributed by atoms with van der Waals surface area (Å²) in [5.41, 5.74) is 15.5. The zero-order valence-corrected chi connectivity index (χ0v) is 35.8. The Balaban J connectivity index is 1.01. The van der Waals surface area contributed by atoms with Crippen molar-refractivity contribution < 1.29 is 0 Å². The highest BCUT2D eigenvalue weighted by Crippen LogP contribution is 2.50. The highest BCUT2D eigenvalue weighted by molar-refractivity contribution is 7.26. The van der Waals surface area contributed by atoms with Crippen molar-refractivity contribution in [1.82, 2.24) is 0 Å². The average molecular weight is 832 g/mol. The number of hydrogen-bond acceptors (Lipinski definition) is 2. The van der Waals surface area contributed by atoms with Gasteiger partial charge in [0.15, 0.2) is 0 Å². The summed E-state index contributed by atoms with van der Waals surface area (Å²) in [5.74, 6) is 0. The number of benzene rings is 11. The summed E-state index contributed by atoms with van der Waals surface area (Å²) in [6.07, 6.45) is 0. The lowest BCUT2D eigenvalue weighted by Gasteiger charge is -2.31. The second kappa shape index (κ2) is 16.0. The number of hydrogen-bond donors (Lipinski definition) is 0. The Hall–Kier alpha value is -8.04. The molecule has 0 spiro atoms. The van der Waals surface area contributed by atoms with Gasteiger partial charge in [-0.2, -0.15) is 0 Å². The van der Waals surface area contributed by atoms with Crippen LogP contribution in [0.2, 0.25) is 0 Å². The molecule has 64 heavy (non-hydrogen) atoms. The van der Waals surface area contributed by atoms with E-state index in [4.69, 9.17) is 0 Å². The van der Waals surface area contributed by atoms with Crippen LogP contribution in [-0.4, -0.2) is 0 Å². The van der Waals surface area contributed by atoms with E-state index in [2.05, 4.69) is 254 Å². The number of rotatable bonds is 8. The van der Waals surface area contributed by atoms with Gasteiger partial charge in [-0.3, -0.25) is 0 Å². The monoisotopic (exact) mass is 831 g/mol. The molecule has 1 nitrogen and oxygen atoms in total. The standard InChI is InChI=1S/C62H41NS/c1-3-16-44(17-4-1)50-20-7-8-21-51(50)45-32-30-42(31-33-45)43-34-38-48(39-35-43)63(49-40-36-46(37-41-49)52-27-15-28-58-55-24-13-14-29-59(55)64-62(52)58)61-57-26-12-10-23-54(57)53-22-9-11-25-56(53)60(61)47-18-5-2-6-19-47/h1-41H. The van der Waals surface area contributed by atoms with Gasteiger partial charge in [-0.05, 0) is 96.6 Å². The Bertz CT molecular complexity index is 3630. The molecule has 0 aliphatic heterocycles. The molecule has 12 rings (SSSR count). The molecule has 0 amide bonds. The maximum Gasteiger partial charge on any atom is 0.0624 e. The quantitative estimate of drug-likeness (QED) is 0.138. The minimum atomic E-state index is 1.09. The van der Waals surface area contributed by atoms with Crippen molar-refractivity contribution in [1.29, 1.82) is 0 Å². The van der Waals surface area contributed by atoms with Crippen molar-refractivity contribution in [3.05, 3.63) is 249 Å². The number of nitrogens with zero attached hydrogens (tertiary/aromatic N) is 1. The molecule has 0 saturated carbocycles. The third kappa shape index (κ3) is 6.55. The SMILES string of the molecule is c1ccc(-c2ccccc2-c2ccc(-c3ccc(N(c4ccc(-c5cccc6c5sc5ccccc56)cc4)c4c(-c5ccccc5)c5ccccc5c5ccccc45)cc3)cc2)cc1. The fourth-order valence-corrected chi connectivity index (χ4v) is 10.9. The van der Waals surface area contributed by atoms with Crippen molar-refractivity contribution in [2.45, 2.75) is 0 Å². The number of thiophene rings is 1. The van der Waals surface area contributed by atoms with Gasteiger partial charge >= 0.3 is 0 Å². The Morgan fingerprint density at radius 2 is 0.656 bits per heavy atom. The van der Waals surface area contributed by atoms with Gasteiger partial charge < -0.3 is 4.90 Å². The van der Waals surface area contributed by atoms with Crippen molar-refractivity contribution in [2.24, 2.45) is 0 Å². The highest BCUT2D eigenvalue weighted by atomic mass is 32.1. The van der Waals surface area contributed by atoms with Crippen molar-refractivity contribution >= 4 is 70.1 Å². The van der Waals surface area contributed by atoms with Crippen LogP contribution in [-0.2, 0) is 0 Å². The third-order valence-electron chi connectivity index (χ3n) is 12.7. The Labute approximate surface area is 377 Å². The topological polar surface area (TPSA) is 3.24 Å². The zero-order valence-electron chi connectivity index (χ0n) is 35.0. The van der Waals surface area contributed by atoms with Crippen LogP contribution in [0.3, 0.4) is 0 Å². The molecule has 0 N–H and O–H groups in total. The lowest BCUT2D eigenvalue weighted by molar-refractivity contribution is 1.30. The summed E-state index contributed by atoms with van der Waals surface area (Å²) < 4.78 is 2.64. The molecule has 0 radical (unpaired) electrons. The minimum absolute atomic E-state index is 1.09. The van der Waals surface area contributed by atoms with Crippen LogP contribution >= 0.6 is 11.3 Å². The smallest absolute Gasteiger partial charge is 0.0624 e. The van der Waals surface area contributed by atoms with E-state index in [0.717, 1.165) is 17.1 Å². The second-order valence-electron chi connectivity index (χ2n) is 16.4. The fourth-order valence-electron chi connectivity index (χ4n) is 9.67. The van der Waals surface area contributed by atoms with E-state index in [9.17, 15) is 0 Å². The van der Waals surface area contributed by atoms with Crippen LogP contribution in [0.15, 0.2) is 249 Å². The van der Waals surface area contributed by atoms with E-state index in [1.165, 1.54) is 97.4 Å². The summed E-state index contributed by atoms with van der Waals surface area (Å²) >= 11 is 1.88. The zero-order chi connectivity index (χ0) is 42.4. The molecule has 1 aromatic heterocycles. The maximum absolute atomic E-state index is 2.48. The van der Waals surface area contributed by atoms with Crippen LogP contribution in [0, 0.1) is 0 Å². The summed E-state index contributed by atoms with van der Waals surface area (Å²) in [6.45, 7) is 0. The van der Waals surface area contributed by atoms with Crippen LogP contribution in [0.1, 0.15) is 0 Å². The van der Waals surface area contributed by atoms with Gasteiger partial charge in [0.05, 0.1) is 5.69 Å². The highest BCUT2D eigenvalue weighted by Gasteiger charge is 2.24. The molecule has 0 atom stereocenters. The van der Waals surface area contributed by atoms with E-state index in [1.54, 1.807) is 0 Å². The van der Waals surface area contributed by atoms with Gasteiger partial charge in [-0.15, -0.1) is 11.3 Å². The molecule has 0 aliphatic carbocycles. The molecule has 11 aromatic carbocycles. The molecule has 0 unspecified atom stereocenters. The summed E-state index contributed by atoms with van der Waals surface area (Å²) in [7, 11) is 0. The van der Waals surface area contributed by atoms with Gasteiger partial charge in [0, 0.05) is 42.5 Å². The molecular formula is C62H41NS. The van der Waals surface area contributed by atoms with Gasteiger partial charge in [-0.1, -0.05) is 218 Å². The van der Waals surface area contributed by atoms with Gasteiger partial charge in [0.2, 0.25) is 0 Å². The fraction of sp³-hybridized carbons (Fsp3) is 0. The molecule has 2 heteroatoms.